The normalized spacial score (nSPS) is 11.3. The molecule has 2 rings (SSSR count). The number of aliphatic hydroxyl groups is 1. The van der Waals surface area contributed by atoms with Crippen LogP contribution < -0.4 is 4.72 Å². The van der Waals surface area contributed by atoms with Gasteiger partial charge in [0.2, 0.25) is 10.0 Å². The molecule has 0 heterocycles. The molecule has 5 heteroatoms. The minimum absolute atomic E-state index is 0.0974. The Morgan fingerprint density at radius 3 is 2.29 bits per heavy atom. The van der Waals surface area contributed by atoms with E-state index >= 15 is 0 Å². The Hall–Kier alpha value is -1.85. The molecule has 21 heavy (non-hydrogen) atoms. The number of rotatable bonds is 6. The summed E-state index contributed by atoms with van der Waals surface area (Å²) in [5, 5.41) is 9.08. The highest BCUT2D eigenvalue weighted by Crippen LogP contribution is 2.15. The van der Waals surface area contributed by atoms with Crippen LogP contribution in [-0.4, -0.2) is 13.5 Å². The summed E-state index contributed by atoms with van der Waals surface area (Å²) in [5.41, 5.74) is 3.08. The van der Waals surface area contributed by atoms with Gasteiger partial charge in [-0.2, -0.15) is 0 Å². The first kappa shape index (κ1) is 15.5. The summed E-state index contributed by atoms with van der Waals surface area (Å²) in [6, 6.07) is 14.3. The van der Waals surface area contributed by atoms with Crippen LogP contribution in [0.1, 0.15) is 23.6 Å². The molecule has 2 aromatic rings. The average molecular weight is 305 g/mol. The maximum atomic E-state index is 12.1. The van der Waals surface area contributed by atoms with Crippen molar-refractivity contribution in [2.75, 3.05) is 4.72 Å². The van der Waals surface area contributed by atoms with Crippen LogP contribution in [-0.2, 0) is 28.8 Å². The van der Waals surface area contributed by atoms with Gasteiger partial charge in [-0.1, -0.05) is 43.3 Å². The van der Waals surface area contributed by atoms with Crippen LogP contribution in [0.4, 0.5) is 5.69 Å². The summed E-state index contributed by atoms with van der Waals surface area (Å²) in [5.74, 6) is -0.115. The van der Waals surface area contributed by atoms with Gasteiger partial charge in [-0.25, -0.2) is 8.42 Å². The number of benzene rings is 2. The van der Waals surface area contributed by atoms with Gasteiger partial charge >= 0.3 is 0 Å². The van der Waals surface area contributed by atoms with E-state index in [0.717, 1.165) is 12.0 Å². The van der Waals surface area contributed by atoms with Gasteiger partial charge in [-0.05, 0) is 35.2 Å². The van der Waals surface area contributed by atoms with Crippen molar-refractivity contribution < 1.29 is 13.5 Å². The zero-order chi connectivity index (χ0) is 15.3. The van der Waals surface area contributed by atoms with Crippen LogP contribution in [0, 0.1) is 0 Å². The second-order valence-corrected chi connectivity index (χ2v) is 6.61. The van der Waals surface area contributed by atoms with Gasteiger partial charge in [0.25, 0.3) is 0 Å². The van der Waals surface area contributed by atoms with Crippen molar-refractivity contribution in [3.63, 3.8) is 0 Å². The molecule has 0 aromatic heterocycles. The van der Waals surface area contributed by atoms with Crippen LogP contribution in [0.3, 0.4) is 0 Å². The van der Waals surface area contributed by atoms with E-state index in [1.165, 1.54) is 0 Å². The van der Waals surface area contributed by atoms with E-state index in [9.17, 15) is 8.42 Å². The predicted octanol–water partition coefficient (Wildman–Crippen LogP) is 2.68. The molecule has 0 bridgehead atoms. The summed E-state index contributed by atoms with van der Waals surface area (Å²) in [6.45, 7) is 1.95. The molecule has 0 atom stereocenters. The van der Waals surface area contributed by atoms with E-state index < -0.39 is 10.0 Å². The molecule has 0 saturated carbocycles. The standard InChI is InChI=1S/C16H19NO3S/c1-2-13-6-8-16(9-7-13)17-21(19,20)12-15-5-3-4-14(10-15)11-18/h3-10,17-18H,2,11-12H2,1H3. The maximum absolute atomic E-state index is 12.1. The highest BCUT2D eigenvalue weighted by Gasteiger charge is 2.12. The lowest BCUT2D eigenvalue weighted by molar-refractivity contribution is 0.282. The van der Waals surface area contributed by atoms with Crippen LogP contribution in [0.15, 0.2) is 48.5 Å². The number of hydrogen-bond donors (Lipinski definition) is 2. The van der Waals surface area contributed by atoms with Gasteiger partial charge in [0.15, 0.2) is 0 Å². The number of sulfonamides is 1. The second-order valence-electron chi connectivity index (χ2n) is 4.89. The minimum Gasteiger partial charge on any atom is -0.392 e. The largest absolute Gasteiger partial charge is 0.392 e. The molecule has 0 aliphatic heterocycles. The fourth-order valence-corrected chi connectivity index (χ4v) is 3.25. The van der Waals surface area contributed by atoms with Crippen LogP contribution in [0.2, 0.25) is 0 Å². The monoisotopic (exact) mass is 305 g/mol. The lowest BCUT2D eigenvalue weighted by Crippen LogP contribution is -2.15. The molecular weight excluding hydrogens is 286 g/mol. The van der Waals surface area contributed by atoms with E-state index in [1.54, 1.807) is 36.4 Å². The molecule has 0 amide bonds. The Kier molecular flexibility index (Phi) is 4.98. The fourth-order valence-electron chi connectivity index (χ4n) is 2.06. The molecule has 2 aromatic carbocycles. The van der Waals surface area contributed by atoms with Gasteiger partial charge in [-0.15, -0.1) is 0 Å². The van der Waals surface area contributed by atoms with Gasteiger partial charge in [0.1, 0.15) is 0 Å². The van der Waals surface area contributed by atoms with E-state index in [0.29, 0.717) is 16.8 Å². The number of anilines is 1. The van der Waals surface area contributed by atoms with Crippen molar-refractivity contribution in [3.05, 3.63) is 65.2 Å². The Morgan fingerprint density at radius 2 is 1.67 bits per heavy atom. The number of aryl methyl sites for hydroxylation is 1. The van der Waals surface area contributed by atoms with Gasteiger partial charge in [0.05, 0.1) is 12.4 Å². The third kappa shape index (κ3) is 4.58. The van der Waals surface area contributed by atoms with Crippen LogP contribution in [0.5, 0.6) is 0 Å². The number of hydrogen-bond acceptors (Lipinski definition) is 3. The first-order valence-electron chi connectivity index (χ1n) is 6.80. The summed E-state index contributed by atoms with van der Waals surface area (Å²) < 4.78 is 26.9. The van der Waals surface area contributed by atoms with Crippen molar-refractivity contribution in [1.82, 2.24) is 0 Å². The Balaban J connectivity index is 2.10. The van der Waals surface area contributed by atoms with Crippen molar-refractivity contribution in [2.24, 2.45) is 0 Å². The molecule has 0 fully saturated rings. The first-order chi connectivity index (χ1) is 10.0. The van der Waals surface area contributed by atoms with Crippen molar-refractivity contribution in [2.45, 2.75) is 25.7 Å². The van der Waals surface area contributed by atoms with Crippen molar-refractivity contribution >= 4 is 15.7 Å². The number of aliphatic hydroxyl groups excluding tert-OH is 1. The first-order valence-corrected chi connectivity index (χ1v) is 8.46. The topological polar surface area (TPSA) is 66.4 Å². The van der Waals surface area contributed by atoms with E-state index in [4.69, 9.17) is 5.11 Å². The van der Waals surface area contributed by atoms with E-state index in [1.807, 2.05) is 19.1 Å². The molecule has 2 N–H and O–H groups in total. The average Bonchev–Trinajstić information content (AvgIpc) is 2.47. The summed E-state index contributed by atoms with van der Waals surface area (Å²) in [7, 11) is -3.46. The van der Waals surface area contributed by atoms with Gasteiger partial charge < -0.3 is 5.11 Å². The smallest absolute Gasteiger partial charge is 0.236 e. The summed E-state index contributed by atoms with van der Waals surface area (Å²) >= 11 is 0. The zero-order valence-electron chi connectivity index (χ0n) is 11.9. The third-order valence-corrected chi connectivity index (χ3v) is 4.43. The fraction of sp³-hybridized carbons (Fsp3) is 0.250. The van der Waals surface area contributed by atoms with Crippen LogP contribution in [0.25, 0.3) is 0 Å². The van der Waals surface area contributed by atoms with Gasteiger partial charge in [0, 0.05) is 5.69 Å². The van der Waals surface area contributed by atoms with Crippen molar-refractivity contribution in [1.29, 1.82) is 0 Å². The molecule has 0 aliphatic rings. The Morgan fingerprint density at radius 1 is 1.00 bits per heavy atom. The van der Waals surface area contributed by atoms with E-state index in [2.05, 4.69) is 4.72 Å². The quantitative estimate of drug-likeness (QED) is 0.862. The van der Waals surface area contributed by atoms with Crippen molar-refractivity contribution in [3.8, 4) is 0 Å². The highest BCUT2D eigenvalue weighted by molar-refractivity contribution is 7.91. The molecule has 0 radical (unpaired) electrons. The second kappa shape index (κ2) is 6.74. The van der Waals surface area contributed by atoms with E-state index in [-0.39, 0.29) is 12.4 Å². The maximum Gasteiger partial charge on any atom is 0.236 e. The molecular formula is C16H19NO3S. The molecule has 0 spiro atoms. The molecule has 0 aliphatic carbocycles. The molecule has 112 valence electrons. The number of nitrogens with one attached hydrogen (secondary N) is 1. The summed E-state index contributed by atoms with van der Waals surface area (Å²) in [6.07, 6.45) is 0.918. The molecule has 0 unspecified atom stereocenters. The highest BCUT2D eigenvalue weighted by atomic mass is 32.2. The van der Waals surface area contributed by atoms with Gasteiger partial charge in [-0.3, -0.25) is 4.72 Å². The predicted molar refractivity (Wildman–Crippen MR) is 84.4 cm³/mol. The SMILES string of the molecule is CCc1ccc(NS(=O)(=O)Cc2cccc(CO)c2)cc1. The van der Waals surface area contributed by atoms with Crippen LogP contribution >= 0.6 is 0 Å². The third-order valence-electron chi connectivity index (χ3n) is 3.17. The lowest BCUT2D eigenvalue weighted by Gasteiger charge is -2.09. The minimum atomic E-state index is -3.46. The Labute approximate surface area is 125 Å². The molecule has 0 saturated heterocycles. The zero-order valence-corrected chi connectivity index (χ0v) is 12.7. The molecule has 4 nitrogen and oxygen atoms in total. The summed E-state index contributed by atoms with van der Waals surface area (Å²) in [4.78, 5) is 0. The Bertz CT molecular complexity index is 694. The lowest BCUT2D eigenvalue weighted by atomic mass is 10.1.